The maximum atomic E-state index is 13.0. The van der Waals surface area contributed by atoms with Crippen LogP contribution < -0.4 is 10.3 Å². The van der Waals surface area contributed by atoms with Gasteiger partial charge in [-0.3, -0.25) is 9.59 Å². The van der Waals surface area contributed by atoms with Gasteiger partial charge in [-0.1, -0.05) is 6.07 Å². The first-order valence-corrected chi connectivity index (χ1v) is 10.2. The molecule has 0 N–H and O–H groups in total. The van der Waals surface area contributed by atoms with E-state index in [1.807, 2.05) is 46.0 Å². The van der Waals surface area contributed by atoms with Gasteiger partial charge in [0.25, 0.3) is 5.56 Å². The van der Waals surface area contributed by atoms with Crippen LogP contribution in [0, 0.1) is 5.92 Å². The monoisotopic (exact) mass is 391 g/mol. The number of carbonyl (C=O) groups is 1. The Morgan fingerprint density at radius 2 is 2.03 bits per heavy atom. The fourth-order valence-electron chi connectivity index (χ4n) is 4.97. The van der Waals surface area contributed by atoms with Crippen molar-refractivity contribution < 1.29 is 9.53 Å². The van der Waals surface area contributed by atoms with Crippen molar-refractivity contribution in [3.63, 3.8) is 0 Å². The average molecular weight is 391 g/mol. The maximum absolute atomic E-state index is 13.0. The van der Waals surface area contributed by atoms with Gasteiger partial charge in [-0.05, 0) is 42.7 Å². The second-order valence-corrected chi connectivity index (χ2v) is 8.18. The number of benzene rings is 1. The van der Waals surface area contributed by atoms with Crippen LogP contribution in [0.15, 0.2) is 53.5 Å². The van der Waals surface area contributed by atoms with Gasteiger partial charge >= 0.3 is 0 Å². The number of fused-ring (bicyclic) bond motifs is 5. The molecule has 29 heavy (non-hydrogen) atoms. The molecule has 3 aromatic rings. The summed E-state index contributed by atoms with van der Waals surface area (Å²) in [5.41, 5.74) is 2.27. The number of piperidine rings is 1. The summed E-state index contributed by atoms with van der Waals surface area (Å²) in [6, 6.07) is 13.6. The van der Waals surface area contributed by atoms with Gasteiger partial charge in [0.05, 0.1) is 7.11 Å². The molecule has 2 aromatic heterocycles. The van der Waals surface area contributed by atoms with E-state index in [9.17, 15) is 9.59 Å². The Balaban J connectivity index is 1.28. The van der Waals surface area contributed by atoms with Crippen LogP contribution in [0.5, 0.6) is 5.75 Å². The van der Waals surface area contributed by atoms with Gasteiger partial charge < -0.3 is 18.8 Å². The Morgan fingerprint density at radius 1 is 1.14 bits per heavy atom. The van der Waals surface area contributed by atoms with Crippen molar-refractivity contribution in [3.05, 3.63) is 64.7 Å². The number of nitrogens with zero attached hydrogens (tertiary/aromatic N) is 3. The van der Waals surface area contributed by atoms with E-state index < -0.39 is 0 Å². The van der Waals surface area contributed by atoms with E-state index in [-0.39, 0.29) is 17.4 Å². The second kappa shape index (κ2) is 7.10. The quantitative estimate of drug-likeness (QED) is 0.687. The number of carbonyl (C=O) groups excluding carboxylic acids is 1. The molecule has 150 valence electrons. The number of rotatable bonds is 4. The maximum Gasteiger partial charge on any atom is 0.250 e. The summed E-state index contributed by atoms with van der Waals surface area (Å²) >= 11 is 0. The Hall–Kier alpha value is -3.02. The van der Waals surface area contributed by atoms with Crippen molar-refractivity contribution in [2.75, 3.05) is 20.2 Å². The lowest BCUT2D eigenvalue weighted by Gasteiger charge is -2.42. The Morgan fingerprint density at radius 3 is 2.90 bits per heavy atom. The molecular formula is C23H25N3O3. The van der Waals surface area contributed by atoms with Crippen LogP contribution in [0.2, 0.25) is 0 Å². The third-order valence-electron chi connectivity index (χ3n) is 6.38. The van der Waals surface area contributed by atoms with Crippen LogP contribution in [0.3, 0.4) is 0 Å². The number of aromatic nitrogens is 2. The van der Waals surface area contributed by atoms with Gasteiger partial charge in [-0.15, -0.1) is 0 Å². The number of hydrogen-bond acceptors (Lipinski definition) is 3. The Kier molecular flexibility index (Phi) is 4.42. The van der Waals surface area contributed by atoms with E-state index in [0.717, 1.165) is 41.9 Å². The number of pyridine rings is 1. The fraction of sp³-hybridized carbons (Fsp3) is 0.391. The summed E-state index contributed by atoms with van der Waals surface area (Å²) < 4.78 is 9.32. The summed E-state index contributed by atoms with van der Waals surface area (Å²) in [5.74, 6) is 1.66. The standard InChI is InChI=1S/C23H25N3O3/c1-29-19-5-6-20-17(12-19)7-9-24(20)10-8-22(27)25-13-16-11-18(15-25)21-3-2-4-23(28)26(21)14-16/h2-7,9,12,16,18H,8,10-11,13-15H2,1H3/t16-,18+/m0/s1. The van der Waals surface area contributed by atoms with Crippen LogP contribution in [-0.4, -0.2) is 40.1 Å². The highest BCUT2D eigenvalue weighted by molar-refractivity contribution is 5.82. The molecule has 1 fully saturated rings. The minimum atomic E-state index is 0.0769. The summed E-state index contributed by atoms with van der Waals surface area (Å²) in [5, 5.41) is 1.12. The van der Waals surface area contributed by atoms with Crippen molar-refractivity contribution in [3.8, 4) is 5.75 Å². The molecule has 6 nitrogen and oxygen atoms in total. The lowest BCUT2D eigenvalue weighted by Crippen LogP contribution is -2.49. The third-order valence-corrected chi connectivity index (χ3v) is 6.38. The molecule has 2 atom stereocenters. The minimum absolute atomic E-state index is 0.0769. The number of methoxy groups -OCH3 is 1. The van der Waals surface area contributed by atoms with Crippen LogP contribution in [0.25, 0.3) is 10.9 Å². The highest BCUT2D eigenvalue weighted by atomic mass is 16.5. The molecule has 2 bridgehead atoms. The lowest BCUT2D eigenvalue weighted by atomic mass is 9.83. The summed E-state index contributed by atoms with van der Waals surface area (Å²) in [6.07, 6.45) is 3.58. The first-order chi connectivity index (χ1) is 14.1. The van der Waals surface area contributed by atoms with E-state index in [2.05, 4.69) is 10.6 Å². The molecule has 1 aromatic carbocycles. The molecule has 1 saturated heterocycles. The second-order valence-electron chi connectivity index (χ2n) is 8.18. The predicted molar refractivity (Wildman–Crippen MR) is 111 cm³/mol. The van der Waals surface area contributed by atoms with Crippen molar-refractivity contribution in [2.24, 2.45) is 5.92 Å². The number of likely N-dealkylation sites (tertiary alicyclic amines) is 1. The van der Waals surface area contributed by atoms with Gasteiger partial charge in [-0.2, -0.15) is 0 Å². The molecule has 2 aliphatic rings. The topological polar surface area (TPSA) is 56.5 Å². The van der Waals surface area contributed by atoms with Crippen molar-refractivity contribution in [1.82, 2.24) is 14.0 Å². The molecule has 0 radical (unpaired) electrons. The number of ether oxygens (including phenoxy) is 1. The van der Waals surface area contributed by atoms with Crippen molar-refractivity contribution in [1.29, 1.82) is 0 Å². The molecule has 0 saturated carbocycles. The predicted octanol–water partition coefficient (Wildman–Crippen LogP) is 2.85. The molecule has 0 unspecified atom stereocenters. The molecule has 6 heteroatoms. The first kappa shape index (κ1) is 18.0. The summed E-state index contributed by atoms with van der Waals surface area (Å²) in [7, 11) is 1.67. The Bertz CT molecular complexity index is 1130. The van der Waals surface area contributed by atoms with E-state index in [1.165, 1.54) is 0 Å². The van der Waals surface area contributed by atoms with Crippen LogP contribution in [0.4, 0.5) is 0 Å². The first-order valence-electron chi connectivity index (χ1n) is 10.2. The minimum Gasteiger partial charge on any atom is -0.497 e. The van der Waals surface area contributed by atoms with Crippen LogP contribution >= 0.6 is 0 Å². The van der Waals surface area contributed by atoms with E-state index in [4.69, 9.17) is 4.74 Å². The number of aryl methyl sites for hydroxylation is 1. The zero-order valence-electron chi connectivity index (χ0n) is 16.6. The van der Waals surface area contributed by atoms with Gasteiger partial charge in [0.15, 0.2) is 0 Å². The lowest BCUT2D eigenvalue weighted by molar-refractivity contribution is -0.134. The molecule has 0 spiro atoms. The average Bonchev–Trinajstić information content (AvgIpc) is 3.14. The molecule has 5 rings (SSSR count). The highest BCUT2D eigenvalue weighted by Gasteiger charge is 2.35. The molecule has 4 heterocycles. The summed E-state index contributed by atoms with van der Waals surface area (Å²) in [6.45, 7) is 2.85. The van der Waals surface area contributed by atoms with E-state index in [0.29, 0.717) is 25.4 Å². The van der Waals surface area contributed by atoms with Gasteiger partial charge in [0.1, 0.15) is 5.75 Å². The van der Waals surface area contributed by atoms with Crippen LogP contribution in [-0.2, 0) is 17.9 Å². The van der Waals surface area contributed by atoms with Crippen molar-refractivity contribution >= 4 is 16.8 Å². The SMILES string of the molecule is COc1ccc2c(ccn2CCC(=O)N2C[C@@H]3C[C@H](C2)c2cccc(=O)n2C3)c1. The molecular weight excluding hydrogens is 366 g/mol. The van der Waals surface area contributed by atoms with Crippen LogP contribution in [0.1, 0.15) is 24.5 Å². The van der Waals surface area contributed by atoms with Gasteiger partial charge in [-0.25, -0.2) is 0 Å². The van der Waals surface area contributed by atoms with E-state index in [1.54, 1.807) is 13.2 Å². The molecule has 0 aliphatic carbocycles. The van der Waals surface area contributed by atoms with Gasteiger partial charge in [0.2, 0.25) is 5.91 Å². The Labute approximate surface area is 169 Å². The smallest absolute Gasteiger partial charge is 0.250 e. The fourth-order valence-corrected chi connectivity index (χ4v) is 4.97. The van der Waals surface area contributed by atoms with E-state index >= 15 is 0 Å². The molecule has 1 amide bonds. The largest absolute Gasteiger partial charge is 0.497 e. The van der Waals surface area contributed by atoms with Crippen molar-refractivity contribution in [2.45, 2.75) is 31.8 Å². The zero-order chi connectivity index (χ0) is 20.0. The number of hydrogen-bond donors (Lipinski definition) is 0. The molecule has 2 aliphatic heterocycles. The normalized spacial score (nSPS) is 20.5. The summed E-state index contributed by atoms with van der Waals surface area (Å²) in [4.78, 5) is 27.1. The highest BCUT2D eigenvalue weighted by Crippen LogP contribution is 2.35. The van der Waals surface area contributed by atoms with Gasteiger partial charge in [0, 0.05) is 67.4 Å². The third kappa shape index (κ3) is 3.22. The number of amides is 1. The zero-order valence-corrected chi connectivity index (χ0v) is 16.6.